The fourth-order valence-electron chi connectivity index (χ4n) is 7.49. The van der Waals surface area contributed by atoms with Crippen LogP contribution in [-0.4, -0.2) is 0 Å². The van der Waals surface area contributed by atoms with Crippen LogP contribution in [0, 0.1) is 5.92 Å². The molecule has 0 nitrogen and oxygen atoms in total. The van der Waals surface area contributed by atoms with Crippen molar-refractivity contribution in [3.63, 3.8) is 0 Å². The van der Waals surface area contributed by atoms with Crippen LogP contribution in [0.15, 0.2) is 108 Å². The van der Waals surface area contributed by atoms with E-state index in [1.165, 1.54) is 66.4 Å². The van der Waals surface area contributed by atoms with Crippen molar-refractivity contribution in [1.29, 1.82) is 0 Å². The lowest BCUT2D eigenvalue weighted by atomic mass is 9.62. The Morgan fingerprint density at radius 3 is 2.24 bits per heavy atom. The first-order chi connectivity index (χ1) is 16.9. The molecule has 0 N–H and O–H groups in total. The van der Waals surface area contributed by atoms with Gasteiger partial charge in [0.15, 0.2) is 0 Å². The molecule has 0 saturated heterocycles. The Labute approximate surface area is 199 Å². The second kappa shape index (κ2) is 5.96. The van der Waals surface area contributed by atoms with Crippen LogP contribution in [0.1, 0.15) is 39.3 Å². The van der Waals surface area contributed by atoms with Crippen molar-refractivity contribution < 1.29 is 0 Å². The molecule has 158 valence electrons. The molecule has 0 aliphatic heterocycles. The van der Waals surface area contributed by atoms with Gasteiger partial charge < -0.3 is 0 Å². The fraction of sp³-hybridized carbons (Fsp3) is 0.118. The molecule has 5 aliphatic carbocycles. The van der Waals surface area contributed by atoms with E-state index in [-0.39, 0.29) is 0 Å². The van der Waals surface area contributed by atoms with Gasteiger partial charge in [0, 0.05) is 11.8 Å². The van der Waals surface area contributed by atoms with E-state index in [2.05, 4.69) is 97.1 Å². The van der Waals surface area contributed by atoms with Gasteiger partial charge >= 0.3 is 0 Å². The van der Waals surface area contributed by atoms with E-state index in [0.717, 1.165) is 12.8 Å². The highest BCUT2D eigenvalue weighted by atomic mass is 14.4. The van der Waals surface area contributed by atoms with Gasteiger partial charge in [0.1, 0.15) is 0 Å². The molecular weight excluding hydrogens is 408 g/mol. The molecule has 2 unspecified atom stereocenters. The molecule has 0 heteroatoms. The minimum Gasteiger partial charge on any atom is -0.0760 e. The van der Waals surface area contributed by atoms with Gasteiger partial charge in [-0.25, -0.2) is 0 Å². The topological polar surface area (TPSA) is 0 Å². The molecule has 0 saturated carbocycles. The number of rotatable bonds is 0. The van der Waals surface area contributed by atoms with Crippen molar-refractivity contribution in [2.75, 3.05) is 0 Å². The third-order valence-electron chi connectivity index (χ3n) is 8.84. The molecule has 0 amide bonds. The van der Waals surface area contributed by atoms with Crippen LogP contribution >= 0.6 is 0 Å². The largest absolute Gasteiger partial charge is 0.0760 e. The number of fused-ring (bicyclic) bond motifs is 6. The summed E-state index contributed by atoms with van der Waals surface area (Å²) in [6.45, 7) is 0. The molecule has 0 bridgehead atoms. The van der Waals surface area contributed by atoms with Gasteiger partial charge in [-0.05, 0) is 90.4 Å². The van der Waals surface area contributed by atoms with Crippen molar-refractivity contribution in [2.24, 2.45) is 5.92 Å². The highest BCUT2D eigenvalue weighted by Crippen LogP contribution is 2.57. The Morgan fingerprint density at radius 2 is 1.29 bits per heavy atom. The van der Waals surface area contributed by atoms with Crippen molar-refractivity contribution in [2.45, 2.75) is 18.8 Å². The summed E-state index contributed by atoms with van der Waals surface area (Å²) in [5.74, 6) is 0.831. The van der Waals surface area contributed by atoms with Gasteiger partial charge in [0.05, 0.1) is 0 Å². The summed E-state index contributed by atoms with van der Waals surface area (Å²) in [6.07, 6.45) is 12.0. The number of hydrogen-bond acceptors (Lipinski definition) is 0. The lowest BCUT2D eigenvalue weighted by Crippen LogP contribution is -2.25. The second-order valence-electron chi connectivity index (χ2n) is 10.4. The van der Waals surface area contributed by atoms with Gasteiger partial charge in [-0.15, -0.1) is 0 Å². The number of hydrogen-bond donors (Lipinski definition) is 0. The van der Waals surface area contributed by atoms with Gasteiger partial charge in [-0.3, -0.25) is 0 Å². The van der Waals surface area contributed by atoms with Gasteiger partial charge in [-0.2, -0.15) is 0 Å². The number of allylic oxidation sites excluding steroid dienone is 8. The molecule has 34 heavy (non-hydrogen) atoms. The zero-order chi connectivity index (χ0) is 22.0. The van der Waals surface area contributed by atoms with Crippen molar-refractivity contribution in [1.82, 2.24) is 0 Å². The van der Waals surface area contributed by atoms with Crippen LogP contribution in [0.25, 0.3) is 33.0 Å². The minimum absolute atomic E-state index is 0.348. The lowest BCUT2D eigenvalue weighted by Gasteiger charge is -2.41. The van der Waals surface area contributed by atoms with E-state index in [0.29, 0.717) is 11.8 Å². The Morgan fingerprint density at radius 1 is 0.529 bits per heavy atom. The van der Waals surface area contributed by atoms with Crippen LogP contribution in [0.5, 0.6) is 0 Å². The van der Waals surface area contributed by atoms with Crippen LogP contribution < -0.4 is 0 Å². The first-order valence-electron chi connectivity index (χ1n) is 12.5. The van der Waals surface area contributed by atoms with Crippen LogP contribution in [0.2, 0.25) is 0 Å². The first-order valence-corrected chi connectivity index (χ1v) is 12.5. The van der Waals surface area contributed by atoms with Crippen molar-refractivity contribution >= 4 is 21.9 Å². The molecule has 9 rings (SSSR count). The summed E-state index contributed by atoms with van der Waals surface area (Å²) in [5, 5.41) is 2.97. The summed E-state index contributed by atoms with van der Waals surface area (Å²) in [5.41, 5.74) is 17.6. The molecule has 0 heterocycles. The highest BCUT2D eigenvalue weighted by molar-refractivity contribution is 6.12. The van der Waals surface area contributed by atoms with Crippen LogP contribution in [0.3, 0.4) is 0 Å². The van der Waals surface area contributed by atoms with Crippen LogP contribution in [0.4, 0.5) is 0 Å². The molecule has 5 aliphatic rings. The maximum absolute atomic E-state index is 2.48. The molecule has 0 aromatic heterocycles. The van der Waals surface area contributed by atoms with Crippen LogP contribution in [-0.2, 0) is 12.8 Å². The minimum atomic E-state index is 0.348. The van der Waals surface area contributed by atoms with E-state index in [4.69, 9.17) is 0 Å². The summed E-state index contributed by atoms with van der Waals surface area (Å²) >= 11 is 0. The van der Waals surface area contributed by atoms with Crippen molar-refractivity contribution in [3.8, 4) is 11.1 Å². The average molecular weight is 431 g/mol. The molecule has 4 aromatic rings. The quantitative estimate of drug-likeness (QED) is 0.233. The van der Waals surface area contributed by atoms with Gasteiger partial charge in [0.2, 0.25) is 0 Å². The first kappa shape index (κ1) is 17.6. The Hall–Kier alpha value is -3.90. The van der Waals surface area contributed by atoms with E-state index in [1.807, 2.05) is 0 Å². The van der Waals surface area contributed by atoms with Gasteiger partial charge in [0.25, 0.3) is 0 Å². The second-order valence-corrected chi connectivity index (χ2v) is 10.4. The SMILES string of the molecule is C1=CC2C3=C(C=CC4Cc5ccccc5C1=C34)c1ccc3c4c(ccc2c14)-c1ccccc1C3. The molecule has 0 radical (unpaired) electrons. The molecular formula is C34H22. The maximum Gasteiger partial charge on any atom is 0.0288 e. The smallest absolute Gasteiger partial charge is 0.0288 e. The molecule has 4 aromatic carbocycles. The third-order valence-corrected chi connectivity index (χ3v) is 8.84. The standard InChI is InChI=1S/C34H22/c1-3-7-23-19(5-1)17-21-9-11-27-28-12-10-22-18-20-6-2-4-8-24(20)26-14-16-30(34(28)32(22)26)29-15-13-25(23)31(21)33(27)29/h1-16,21,29H,17-18H2. The van der Waals surface area contributed by atoms with Gasteiger partial charge in [-0.1, -0.05) is 97.1 Å². The normalized spacial score (nSPS) is 22.0. The predicted molar refractivity (Wildman–Crippen MR) is 141 cm³/mol. The Balaban J connectivity index is 1.38. The lowest BCUT2D eigenvalue weighted by molar-refractivity contribution is 0.723. The van der Waals surface area contributed by atoms with E-state index in [9.17, 15) is 0 Å². The summed E-state index contributed by atoms with van der Waals surface area (Å²) in [6, 6.07) is 27.6. The molecule has 2 atom stereocenters. The van der Waals surface area contributed by atoms with Crippen molar-refractivity contribution in [3.05, 3.63) is 142 Å². The summed E-state index contributed by atoms with van der Waals surface area (Å²) in [7, 11) is 0. The van der Waals surface area contributed by atoms with E-state index < -0.39 is 0 Å². The Bertz CT molecular complexity index is 1750. The molecule has 0 fully saturated rings. The predicted octanol–water partition coefficient (Wildman–Crippen LogP) is 8.03. The highest BCUT2D eigenvalue weighted by Gasteiger charge is 2.39. The molecule has 0 spiro atoms. The fourth-order valence-corrected chi connectivity index (χ4v) is 7.49. The third kappa shape index (κ3) is 1.98. The number of benzene rings is 4. The average Bonchev–Trinajstić information content (AvgIpc) is 2.90. The zero-order valence-corrected chi connectivity index (χ0v) is 18.8. The monoisotopic (exact) mass is 430 g/mol. The summed E-state index contributed by atoms with van der Waals surface area (Å²) < 4.78 is 0. The summed E-state index contributed by atoms with van der Waals surface area (Å²) in [4.78, 5) is 0. The van der Waals surface area contributed by atoms with E-state index >= 15 is 0 Å². The van der Waals surface area contributed by atoms with E-state index in [1.54, 1.807) is 11.1 Å². The maximum atomic E-state index is 2.48. The zero-order valence-electron chi connectivity index (χ0n) is 18.8. The Kier molecular flexibility index (Phi) is 3.08.